The summed E-state index contributed by atoms with van der Waals surface area (Å²) in [7, 11) is 1.99. The molecule has 1 atom stereocenters. The maximum atomic E-state index is 12.1. The molecule has 0 aromatic heterocycles. The van der Waals surface area contributed by atoms with Crippen LogP contribution in [0.4, 0.5) is 0 Å². The van der Waals surface area contributed by atoms with Crippen molar-refractivity contribution in [1.82, 2.24) is 15.5 Å². The number of likely N-dealkylation sites (N-methyl/N-ethyl adjacent to an activating group) is 1. The van der Waals surface area contributed by atoms with Gasteiger partial charge in [-0.25, -0.2) is 0 Å². The number of hydrogen-bond donors (Lipinski definition) is 2. The van der Waals surface area contributed by atoms with Gasteiger partial charge in [0.2, 0.25) is 5.91 Å². The first-order valence-electron chi connectivity index (χ1n) is 7.65. The lowest BCUT2D eigenvalue weighted by Crippen LogP contribution is -2.50. The number of nitrogens with zero attached hydrogens (tertiary/aromatic N) is 2. The Morgan fingerprint density at radius 1 is 1.40 bits per heavy atom. The van der Waals surface area contributed by atoms with Crippen LogP contribution in [0, 0.1) is 23.2 Å². The van der Waals surface area contributed by atoms with Crippen LogP contribution in [0.5, 0.6) is 0 Å². The predicted octanol–water partition coefficient (Wildman–Crippen LogP) is 0.726. The van der Waals surface area contributed by atoms with Gasteiger partial charge in [-0.15, -0.1) is 0 Å². The lowest BCUT2D eigenvalue weighted by Gasteiger charge is -2.28. The van der Waals surface area contributed by atoms with Gasteiger partial charge >= 0.3 is 0 Å². The number of piperidine rings is 1. The minimum atomic E-state index is -0.674. The minimum absolute atomic E-state index is 0.0302. The Balaban J connectivity index is 1.74. The third kappa shape index (κ3) is 4.19. The van der Waals surface area contributed by atoms with E-state index in [-0.39, 0.29) is 5.91 Å². The maximum Gasteiger partial charge on any atom is 0.235 e. The van der Waals surface area contributed by atoms with E-state index in [4.69, 9.17) is 0 Å². The van der Waals surface area contributed by atoms with Gasteiger partial charge in [0, 0.05) is 6.54 Å². The Morgan fingerprint density at radius 3 is 2.60 bits per heavy atom. The Labute approximate surface area is 121 Å². The molecule has 1 aliphatic heterocycles. The molecule has 0 aromatic carbocycles. The van der Waals surface area contributed by atoms with Gasteiger partial charge in [-0.05, 0) is 64.6 Å². The molecule has 1 saturated carbocycles. The van der Waals surface area contributed by atoms with Gasteiger partial charge in [0.15, 0.2) is 0 Å². The van der Waals surface area contributed by atoms with Gasteiger partial charge in [0.05, 0.1) is 12.6 Å². The monoisotopic (exact) mass is 278 g/mol. The van der Waals surface area contributed by atoms with Gasteiger partial charge < -0.3 is 10.6 Å². The van der Waals surface area contributed by atoms with Gasteiger partial charge in [-0.2, -0.15) is 5.26 Å². The van der Waals surface area contributed by atoms with Crippen molar-refractivity contribution in [3.8, 4) is 6.07 Å². The summed E-state index contributed by atoms with van der Waals surface area (Å²) < 4.78 is 0. The number of carbonyl (C=O) groups is 1. The first-order valence-corrected chi connectivity index (χ1v) is 7.65. The van der Waals surface area contributed by atoms with E-state index in [1.807, 2.05) is 14.0 Å². The predicted molar refractivity (Wildman–Crippen MR) is 78.0 cm³/mol. The van der Waals surface area contributed by atoms with Crippen LogP contribution in [-0.4, -0.2) is 49.6 Å². The van der Waals surface area contributed by atoms with Crippen LogP contribution in [0.1, 0.15) is 32.6 Å². The molecule has 1 saturated heterocycles. The largest absolute Gasteiger partial charge is 0.337 e. The normalized spacial score (nSPS) is 23.1. The van der Waals surface area contributed by atoms with E-state index < -0.39 is 5.54 Å². The quantitative estimate of drug-likeness (QED) is 0.751. The van der Waals surface area contributed by atoms with Crippen LogP contribution in [0.25, 0.3) is 0 Å². The second-order valence-corrected chi connectivity index (χ2v) is 6.53. The Morgan fingerprint density at radius 2 is 2.05 bits per heavy atom. The van der Waals surface area contributed by atoms with E-state index in [0.29, 0.717) is 18.4 Å². The fourth-order valence-corrected chi connectivity index (χ4v) is 3.03. The molecule has 1 unspecified atom stereocenters. The zero-order valence-electron chi connectivity index (χ0n) is 12.6. The molecule has 2 rings (SSSR count). The van der Waals surface area contributed by atoms with Crippen LogP contribution in [0.3, 0.4) is 0 Å². The summed E-state index contributed by atoms with van der Waals surface area (Å²) in [5.74, 6) is 0.989. The van der Waals surface area contributed by atoms with E-state index in [9.17, 15) is 10.1 Å². The fraction of sp³-hybridized carbons (Fsp3) is 0.867. The standard InChI is InChI=1S/C15H26N4O/c1-15(11-16,13-3-4-13)18-14(20)10-19(2)9-12-5-7-17-8-6-12/h12-13,17H,3-10H2,1-2H3,(H,18,20). The maximum absolute atomic E-state index is 12.1. The molecule has 0 spiro atoms. The third-order valence-corrected chi connectivity index (χ3v) is 4.47. The average molecular weight is 278 g/mol. The van der Waals surface area contributed by atoms with Crippen LogP contribution in [0.15, 0.2) is 0 Å². The summed E-state index contributed by atoms with van der Waals surface area (Å²) in [6.45, 7) is 5.35. The summed E-state index contributed by atoms with van der Waals surface area (Å²) in [5, 5.41) is 15.5. The molecule has 0 aromatic rings. The fourth-order valence-electron chi connectivity index (χ4n) is 3.03. The van der Waals surface area contributed by atoms with Crippen molar-refractivity contribution in [3.63, 3.8) is 0 Å². The molecule has 0 bridgehead atoms. The van der Waals surface area contributed by atoms with Crippen LogP contribution in [-0.2, 0) is 4.79 Å². The number of hydrogen-bond acceptors (Lipinski definition) is 4. The summed E-state index contributed by atoms with van der Waals surface area (Å²) in [6, 6.07) is 2.27. The van der Waals surface area contributed by atoms with Crippen LogP contribution >= 0.6 is 0 Å². The number of carbonyl (C=O) groups excluding carboxylic acids is 1. The molecule has 2 aliphatic rings. The zero-order valence-corrected chi connectivity index (χ0v) is 12.6. The van der Waals surface area contributed by atoms with Crippen molar-refractivity contribution in [1.29, 1.82) is 5.26 Å². The van der Waals surface area contributed by atoms with Crippen molar-refractivity contribution in [3.05, 3.63) is 0 Å². The molecule has 1 aliphatic carbocycles. The molecule has 2 fully saturated rings. The Bertz CT molecular complexity index is 382. The number of nitriles is 1. The number of amides is 1. The van der Waals surface area contributed by atoms with Gasteiger partial charge in [-0.3, -0.25) is 9.69 Å². The van der Waals surface area contributed by atoms with Crippen molar-refractivity contribution in [2.24, 2.45) is 11.8 Å². The van der Waals surface area contributed by atoms with Gasteiger partial charge in [0.1, 0.15) is 5.54 Å². The second-order valence-electron chi connectivity index (χ2n) is 6.53. The Kier molecular flexibility index (Phi) is 5.00. The van der Waals surface area contributed by atoms with E-state index in [1.165, 1.54) is 12.8 Å². The SMILES string of the molecule is CN(CC(=O)NC(C)(C#N)C1CC1)CC1CCNCC1. The summed E-state index contributed by atoms with van der Waals surface area (Å²) >= 11 is 0. The van der Waals surface area contributed by atoms with E-state index in [1.54, 1.807) is 0 Å². The first kappa shape index (κ1) is 15.3. The highest BCUT2D eigenvalue weighted by Gasteiger charge is 2.43. The van der Waals surface area contributed by atoms with E-state index >= 15 is 0 Å². The molecule has 0 radical (unpaired) electrons. The lowest BCUT2D eigenvalue weighted by atomic mass is 9.97. The van der Waals surface area contributed by atoms with Gasteiger partial charge in [-0.1, -0.05) is 0 Å². The van der Waals surface area contributed by atoms with Crippen LogP contribution in [0.2, 0.25) is 0 Å². The third-order valence-electron chi connectivity index (χ3n) is 4.47. The minimum Gasteiger partial charge on any atom is -0.337 e. The van der Waals surface area contributed by atoms with Crippen molar-refractivity contribution in [2.75, 3.05) is 33.2 Å². The van der Waals surface area contributed by atoms with Crippen molar-refractivity contribution < 1.29 is 4.79 Å². The van der Waals surface area contributed by atoms with Crippen molar-refractivity contribution >= 4 is 5.91 Å². The zero-order chi connectivity index (χ0) is 14.6. The Hall–Kier alpha value is -1.12. The number of rotatable bonds is 6. The van der Waals surface area contributed by atoms with Crippen LogP contribution < -0.4 is 10.6 Å². The lowest BCUT2D eigenvalue weighted by molar-refractivity contribution is -0.123. The van der Waals surface area contributed by atoms with E-state index in [2.05, 4.69) is 21.6 Å². The summed E-state index contributed by atoms with van der Waals surface area (Å²) in [6.07, 6.45) is 4.47. The molecule has 112 valence electrons. The molecular weight excluding hydrogens is 252 g/mol. The highest BCUT2D eigenvalue weighted by molar-refractivity contribution is 5.79. The van der Waals surface area contributed by atoms with E-state index in [0.717, 1.165) is 32.5 Å². The number of nitrogens with one attached hydrogen (secondary N) is 2. The molecular formula is C15H26N4O. The highest BCUT2D eigenvalue weighted by atomic mass is 16.2. The topological polar surface area (TPSA) is 68.2 Å². The van der Waals surface area contributed by atoms with Crippen molar-refractivity contribution in [2.45, 2.75) is 38.1 Å². The highest BCUT2D eigenvalue weighted by Crippen LogP contribution is 2.39. The smallest absolute Gasteiger partial charge is 0.235 e. The molecule has 1 amide bonds. The molecule has 5 nitrogen and oxygen atoms in total. The second kappa shape index (κ2) is 6.55. The summed E-state index contributed by atoms with van der Waals surface area (Å²) in [5.41, 5.74) is -0.674. The molecule has 2 N–H and O–H groups in total. The average Bonchev–Trinajstić information content (AvgIpc) is 3.24. The summed E-state index contributed by atoms with van der Waals surface area (Å²) in [4.78, 5) is 14.2. The molecule has 20 heavy (non-hydrogen) atoms. The van der Waals surface area contributed by atoms with Gasteiger partial charge in [0.25, 0.3) is 0 Å². The molecule has 5 heteroatoms. The molecule has 1 heterocycles. The first-order chi connectivity index (χ1) is 9.53.